The number of hydrogen-bond acceptors (Lipinski definition) is 2. The molecular weight excluding hydrogens is 381 g/mol. The Morgan fingerprint density at radius 3 is 2.78 bits per heavy atom. The van der Waals surface area contributed by atoms with Crippen molar-refractivity contribution in [2.24, 2.45) is 16.6 Å². The number of thiophene rings is 1. The fourth-order valence-electron chi connectivity index (χ4n) is 1.30. The molecule has 0 amide bonds. The minimum atomic E-state index is 0. The van der Waals surface area contributed by atoms with Gasteiger partial charge in [0.25, 0.3) is 0 Å². The third-order valence-electron chi connectivity index (χ3n) is 2.29. The van der Waals surface area contributed by atoms with Crippen LogP contribution >= 0.6 is 46.9 Å². The Kier molecular flexibility index (Phi) is 9.85. The van der Waals surface area contributed by atoms with E-state index in [1.54, 1.807) is 11.3 Å². The smallest absolute Gasteiger partial charge is 0.188 e. The van der Waals surface area contributed by atoms with Gasteiger partial charge in [0, 0.05) is 18.0 Å². The van der Waals surface area contributed by atoms with Gasteiger partial charge in [0.15, 0.2) is 5.96 Å². The minimum Gasteiger partial charge on any atom is -0.370 e. The first-order valence-corrected chi connectivity index (χ1v) is 7.05. The molecule has 0 spiro atoms. The van der Waals surface area contributed by atoms with Crippen LogP contribution in [0.3, 0.4) is 0 Å². The van der Waals surface area contributed by atoms with Crippen LogP contribution in [0.5, 0.6) is 0 Å². The lowest BCUT2D eigenvalue weighted by Gasteiger charge is -2.05. The predicted octanol–water partition coefficient (Wildman–Crippen LogP) is 3.51. The maximum Gasteiger partial charge on any atom is 0.188 e. The van der Waals surface area contributed by atoms with E-state index >= 15 is 0 Å². The van der Waals surface area contributed by atoms with E-state index in [2.05, 4.69) is 24.2 Å². The van der Waals surface area contributed by atoms with Crippen LogP contribution in [0.15, 0.2) is 17.1 Å². The molecule has 104 valence electrons. The number of nitrogens with two attached hydrogens (primary N) is 1. The average Bonchev–Trinajstić information content (AvgIpc) is 2.63. The van der Waals surface area contributed by atoms with Crippen molar-refractivity contribution in [2.75, 3.05) is 13.1 Å². The number of nitrogens with one attached hydrogen (secondary N) is 1. The summed E-state index contributed by atoms with van der Waals surface area (Å²) in [7, 11) is 0. The van der Waals surface area contributed by atoms with Crippen LogP contribution in [0.25, 0.3) is 0 Å². The lowest BCUT2D eigenvalue weighted by Crippen LogP contribution is -2.33. The van der Waals surface area contributed by atoms with Crippen LogP contribution in [0.4, 0.5) is 0 Å². The summed E-state index contributed by atoms with van der Waals surface area (Å²) < 4.78 is 0.832. The highest BCUT2D eigenvalue weighted by Crippen LogP contribution is 2.21. The second kappa shape index (κ2) is 9.86. The van der Waals surface area contributed by atoms with Crippen molar-refractivity contribution in [3.8, 4) is 0 Å². The number of guanidine groups is 1. The molecule has 0 saturated carbocycles. The van der Waals surface area contributed by atoms with E-state index in [-0.39, 0.29) is 24.0 Å². The highest BCUT2D eigenvalue weighted by Gasteiger charge is 1.98. The zero-order valence-corrected chi connectivity index (χ0v) is 14.7. The molecule has 3 nitrogen and oxygen atoms in total. The molecule has 0 aromatic carbocycles. The van der Waals surface area contributed by atoms with Gasteiger partial charge in [-0.05, 0) is 30.9 Å². The zero-order chi connectivity index (χ0) is 12.7. The molecule has 18 heavy (non-hydrogen) atoms. The van der Waals surface area contributed by atoms with Crippen LogP contribution in [0, 0.1) is 5.92 Å². The van der Waals surface area contributed by atoms with Crippen molar-refractivity contribution in [1.82, 2.24) is 5.32 Å². The van der Waals surface area contributed by atoms with Crippen LogP contribution in [0.2, 0.25) is 4.34 Å². The van der Waals surface area contributed by atoms with Crippen molar-refractivity contribution < 1.29 is 0 Å². The molecule has 6 heteroatoms. The lowest BCUT2D eigenvalue weighted by molar-refractivity contribution is 0.595. The Morgan fingerprint density at radius 1 is 1.50 bits per heavy atom. The summed E-state index contributed by atoms with van der Waals surface area (Å²) in [6.07, 6.45) is 2.00. The van der Waals surface area contributed by atoms with E-state index in [0.29, 0.717) is 11.9 Å². The number of hydrogen-bond donors (Lipinski definition) is 2. The third-order valence-corrected chi connectivity index (χ3v) is 3.59. The van der Waals surface area contributed by atoms with E-state index < -0.39 is 0 Å². The fraction of sp³-hybridized carbons (Fsp3) is 0.583. The molecule has 0 aliphatic carbocycles. The van der Waals surface area contributed by atoms with Gasteiger partial charge in [0.05, 0.1) is 4.34 Å². The normalized spacial score (nSPS) is 11.4. The molecule has 0 radical (unpaired) electrons. The average molecular weight is 402 g/mol. The van der Waals surface area contributed by atoms with Crippen LogP contribution in [-0.2, 0) is 6.42 Å². The molecule has 0 aliphatic rings. The third kappa shape index (κ3) is 8.16. The number of nitrogens with zero attached hydrogens (tertiary/aromatic N) is 1. The quantitative estimate of drug-likeness (QED) is 0.435. The monoisotopic (exact) mass is 401 g/mol. The van der Waals surface area contributed by atoms with Crippen LogP contribution < -0.4 is 11.1 Å². The summed E-state index contributed by atoms with van der Waals surface area (Å²) in [5.41, 5.74) is 5.75. The van der Waals surface area contributed by atoms with Gasteiger partial charge >= 0.3 is 0 Å². The van der Waals surface area contributed by atoms with Gasteiger partial charge in [-0.3, -0.25) is 4.99 Å². The topological polar surface area (TPSA) is 50.4 Å². The van der Waals surface area contributed by atoms with E-state index in [9.17, 15) is 0 Å². The van der Waals surface area contributed by atoms with Gasteiger partial charge in [-0.25, -0.2) is 0 Å². The molecule has 1 rings (SSSR count). The molecule has 0 bridgehead atoms. The predicted molar refractivity (Wildman–Crippen MR) is 92.4 cm³/mol. The summed E-state index contributed by atoms with van der Waals surface area (Å²) in [4.78, 5) is 5.52. The van der Waals surface area contributed by atoms with Gasteiger partial charge in [-0.2, -0.15) is 0 Å². The van der Waals surface area contributed by atoms with Gasteiger partial charge in [0.1, 0.15) is 0 Å². The van der Waals surface area contributed by atoms with E-state index in [1.165, 1.54) is 4.88 Å². The van der Waals surface area contributed by atoms with Crippen molar-refractivity contribution in [3.05, 3.63) is 21.3 Å². The standard InChI is InChI=1S/C12H20ClN3S.HI/c1-9(2)5-7-15-12(14)16-8-6-10-3-4-11(13)17-10;/h3-4,9H,5-8H2,1-2H3,(H3,14,15,16);1H. The Morgan fingerprint density at radius 2 is 2.22 bits per heavy atom. The maximum absolute atomic E-state index is 5.85. The largest absolute Gasteiger partial charge is 0.370 e. The van der Waals surface area contributed by atoms with Crippen LogP contribution in [0.1, 0.15) is 25.1 Å². The second-order valence-corrected chi connectivity index (χ2v) is 6.13. The molecule has 0 fully saturated rings. The highest BCUT2D eigenvalue weighted by molar-refractivity contribution is 14.0. The van der Waals surface area contributed by atoms with Crippen LogP contribution in [-0.4, -0.2) is 19.0 Å². The van der Waals surface area contributed by atoms with Crippen molar-refractivity contribution in [3.63, 3.8) is 0 Å². The van der Waals surface area contributed by atoms with Gasteiger partial charge in [-0.1, -0.05) is 25.4 Å². The molecule has 3 N–H and O–H groups in total. The first-order valence-electron chi connectivity index (χ1n) is 5.86. The maximum atomic E-state index is 5.85. The van der Waals surface area contributed by atoms with E-state index in [1.807, 2.05) is 12.1 Å². The number of rotatable bonds is 6. The fourth-order valence-corrected chi connectivity index (χ4v) is 2.39. The van der Waals surface area contributed by atoms with Crippen molar-refractivity contribution >= 4 is 52.9 Å². The van der Waals surface area contributed by atoms with Gasteiger partial charge in [-0.15, -0.1) is 35.3 Å². The molecule has 0 aliphatic heterocycles. The van der Waals surface area contributed by atoms with E-state index in [0.717, 1.165) is 30.3 Å². The summed E-state index contributed by atoms with van der Waals surface area (Å²) in [6, 6.07) is 3.96. The highest BCUT2D eigenvalue weighted by atomic mass is 127. The molecular formula is C12H21ClIN3S. The summed E-state index contributed by atoms with van der Waals surface area (Å²) in [5.74, 6) is 1.20. The SMILES string of the molecule is CC(C)CCN=C(N)NCCc1ccc(Cl)s1.I. The van der Waals surface area contributed by atoms with Gasteiger partial charge in [0.2, 0.25) is 0 Å². The minimum absolute atomic E-state index is 0. The van der Waals surface area contributed by atoms with Crippen molar-refractivity contribution in [1.29, 1.82) is 0 Å². The number of aliphatic imine (C=N–C) groups is 1. The molecule has 1 aromatic rings. The first-order chi connectivity index (χ1) is 8.08. The molecule has 0 atom stereocenters. The second-order valence-electron chi connectivity index (χ2n) is 4.33. The molecule has 1 aromatic heterocycles. The van der Waals surface area contributed by atoms with E-state index in [4.69, 9.17) is 17.3 Å². The molecule has 0 saturated heterocycles. The Bertz CT molecular complexity index is 366. The zero-order valence-electron chi connectivity index (χ0n) is 10.8. The lowest BCUT2D eigenvalue weighted by atomic mass is 10.1. The summed E-state index contributed by atoms with van der Waals surface area (Å²) in [6.45, 7) is 5.95. The van der Waals surface area contributed by atoms with Gasteiger partial charge < -0.3 is 11.1 Å². The molecule has 1 heterocycles. The van der Waals surface area contributed by atoms with Crippen molar-refractivity contribution in [2.45, 2.75) is 26.7 Å². The molecule has 0 unspecified atom stereocenters. The Labute approximate surface area is 135 Å². The number of halogens is 2. The summed E-state index contributed by atoms with van der Waals surface area (Å²) >= 11 is 7.46. The summed E-state index contributed by atoms with van der Waals surface area (Å²) in [5, 5.41) is 3.11. The first kappa shape index (κ1) is 18.0. The Balaban J connectivity index is 0.00000289. The Hall–Kier alpha value is -0.0100.